The second-order valence-electron chi connectivity index (χ2n) is 5.20. The molecule has 0 atom stereocenters. The van der Waals surface area contributed by atoms with Gasteiger partial charge in [0.1, 0.15) is 10.6 Å². The number of ether oxygens (including phenoxy) is 1. The van der Waals surface area contributed by atoms with Gasteiger partial charge in [0.2, 0.25) is 5.82 Å². The molecular weight excluding hydrogens is 387 g/mol. The third kappa shape index (κ3) is 3.70. The molecule has 0 radical (unpaired) electrons. The van der Waals surface area contributed by atoms with Gasteiger partial charge < -0.3 is 4.74 Å². The summed E-state index contributed by atoms with van der Waals surface area (Å²) in [5, 5.41) is 0.0673. The number of anilines is 1. The summed E-state index contributed by atoms with van der Waals surface area (Å²) in [5.74, 6) is 0.00900. The molecule has 1 aromatic heterocycles. The van der Waals surface area contributed by atoms with Gasteiger partial charge in [-0.25, -0.2) is 18.4 Å². The Hall–Kier alpha value is -1.90. The highest BCUT2D eigenvalue weighted by molar-refractivity contribution is 7.92. The van der Waals surface area contributed by atoms with E-state index in [0.29, 0.717) is 5.69 Å². The number of hydrogen-bond donors (Lipinski definition) is 1. The molecule has 0 saturated heterocycles. The Labute approximate surface area is 155 Å². The van der Waals surface area contributed by atoms with E-state index in [0.717, 1.165) is 25.1 Å². The van der Waals surface area contributed by atoms with Crippen molar-refractivity contribution in [3.05, 3.63) is 40.1 Å². The predicted octanol–water partition coefficient (Wildman–Crippen LogP) is 3.18. The third-order valence-corrected chi connectivity index (χ3v) is 5.85. The van der Waals surface area contributed by atoms with E-state index < -0.39 is 10.0 Å². The van der Waals surface area contributed by atoms with Gasteiger partial charge in [0.05, 0.1) is 29.1 Å². The summed E-state index contributed by atoms with van der Waals surface area (Å²) in [4.78, 5) is 12.6. The Bertz CT molecular complexity index is 948. The molecule has 0 amide bonds. The van der Waals surface area contributed by atoms with E-state index in [1.54, 1.807) is 0 Å². The normalized spacial score (nSPS) is 14.3. The number of benzene rings is 1. The average Bonchev–Trinajstić information content (AvgIpc) is 3.11. The van der Waals surface area contributed by atoms with Gasteiger partial charge in [0, 0.05) is 6.54 Å². The molecule has 0 aliphatic carbocycles. The SMILES string of the molecule is COc1nc(C2=NCCC2)cnc1NS(=O)(=O)c1cccc(Cl)c1Cl. The van der Waals surface area contributed by atoms with Gasteiger partial charge in [0.25, 0.3) is 15.9 Å². The Morgan fingerprint density at radius 1 is 1.28 bits per heavy atom. The molecule has 0 unspecified atom stereocenters. The number of halogens is 2. The number of aromatic nitrogens is 2. The van der Waals surface area contributed by atoms with Crippen LogP contribution in [0.2, 0.25) is 10.0 Å². The first-order chi connectivity index (χ1) is 11.9. The maximum absolute atomic E-state index is 12.6. The summed E-state index contributed by atoms with van der Waals surface area (Å²) in [6, 6.07) is 4.34. The fraction of sp³-hybridized carbons (Fsp3) is 0.267. The lowest BCUT2D eigenvalue weighted by Crippen LogP contribution is -2.16. The van der Waals surface area contributed by atoms with Crippen LogP contribution >= 0.6 is 23.2 Å². The zero-order valence-electron chi connectivity index (χ0n) is 13.2. The third-order valence-electron chi connectivity index (χ3n) is 3.54. The quantitative estimate of drug-likeness (QED) is 0.831. The highest BCUT2D eigenvalue weighted by atomic mass is 35.5. The van der Waals surface area contributed by atoms with E-state index in [2.05, 4.69) is 19.7 Å². The summed E-state index contributed by atoms with van der Waals surface area (Å²) < 4.78 is 32.7. The van der Waals surface area contributed by atoms with Crippen LogP contribution in [0.1, 0.15) is 18.5 Å². The van der Waals surface area contributed by atoms with Crippen LogP contribution in [0.5, 0.6) is 5.88 Å². The first-order valence-corrected chi connectivity index (χ1v) is 9.58. The van der Waals surface area contributed by atoms with Crippen LogP contribution in [0, 0.1) is 0 Å². The number of nitrogens with one attached hydrogen (secondary N) is 1. The molecule has 2 aromatic rings. The van der Waals surface area contributed by atoms with E-state index in [-0.39, 0.29) is 26.6 Å². The van der Waals surface area contributed by atoms with Crippen molar-refractivity contribution in [3.8, 4) is 5.88 Å². The van der Waals surface area contributed by atoms with Crippen molar-refractivity contribution in [2.75, 3.05) is 18.4 Å². The molecule has 1 aromatic carbocycles. The van der Waals surface area contributed by atoms with Crippen molar-refractivity contribution < 1.29 is 13.2 Å². The molecule has 2 heterocycles. The minimum atomic E-state index is -4.01. The van der Waals surface area contributed by atoms with E-state index in [1.807, 2.05) is 0 Å². The van der Waals surface area contributed by atoms with Gasteiger partial charge >= 0.3 is 0 Å². The van der Waals surface area contributed by atoms with Crippen molar-refractivity contribution in [2.45, 2.75) is 17.7 Å². The Morgan fingerprint density at radius 3 is 2.76 bits per heavy atom. The van der Waals surface area contributed by atoms with Crippen LogP contribution < -0.4 is 9.46 Å². The number of nitrogens with zero attached hydrogens (tertiary/aromatic N) is 3. The van der Waals surface area contributed by atoms with E-state index in [1.165, 1.54) is 31.5 Å². The molecule has 25 heavy (non-hydrogen) atoms. The summed E-state index contributed by atoms with van der Waals surface area (Å²) in [6.45, 7) is 0.751. The van der Waals surface area contributed by atoms with E-state index in [4.69, 9.17) is 27.9 Å². The minimum Gasteiger partial charge on any atom is -0.478 e. The molecular formula is C15H14Cl2N4O3S. The van der Waals surface area contributed by atoms with Crippen molar-refractivity contribution in [1.82, 2.24) is 9.97 Å². The zero-order valence-corrected chi connectivity index (χ0v) is 15.5. The molecule has 1 aliphatic heterocycles. The largest absolute Gasteiger partial charge is 0.478 e. The maximum Gasteiger partial charge on any atom is 0.264 e. The zero-order chi connectivity index (χ0) is 18.0. The molecule has 1 N–H and O–H groups in total. The monoisotopic (exact) mass is 400 g/mol. The van der Waals surface area contributed by atoms with Gasteiger partial charge in [-0.15, -0.1) is 0 Å². The molecule has 1 aliphatic rings. The number of hydrogen-bond acceptors (Lipinski definition) is 6. The molecule has 3 rings (SSSR count). The van der Waals surface area contributed by atoms with Gasteiger partial charge in [-0.3, -0.25) is 9.71 Å². The van der Waals surface area contributed by atoms with Crippen LogP contribution in [-0.2, 0) is 10.0 Å². The van der Waals surface area contributed by atoms with E-state index in [9.17, 15) is 8.42 Å². The fourth-order valence-corrected chi connectivity index (χ4v) is 4.12. The average molecular weight is 401 g/mol. The number of aliphatic imine (C=N–C) groups is 1. The van der Waals surface area contributed by atoms with Crippen molar-refractivity contribution >= 4 is 44.8 Å². The van der Waals surface area contributed by atoms with E-state index >= 15 is 0 Å². The molecule has 0 bridgehead atoms. The predicted molar refractivity (Wildman–Crippen MR) is 96.5 cm³/mol. The lowest BCUT2D eigenvalue weighted by molar-refractivity contribution is 0.398. The van der Waals surface area contributed by atoms with Crippen LogP contribution in [0.4, 0.5) is 5.82 Å². The number of rotatable bonds is 5. The summed E-state index contributed by atoms with van der Waals surface area (Å²) >= 11 is 11.9. The number of sulfonamides is 1. The van der Waals surface area contributed by atoms with Gasteiger partial charge in [0.15, 0.2) is 0 Å². The lowest BCUT2D eigenvalue weighted by Gasteiger charge is -2.12. The van der Waals surface area contributed by atoms with Gasteiger partial charge in [-0.1, -0.05) is 29.3 Å². The Kier molecular flexibility index (Phi) is 5.12. The van der Waals surface area contributed by atoms with Gasteiger partial charge in [-0.2, -0.15) is 0 Å². The molecule has 0 fully saturated rings. The van der Waals surface area contributed by atoms with Crippen LogP contribution in [0.25, 0.3) is 0 Å². The fourth-order valence-electron chi connectivity index (χ4n) is 2.35. The van der Waals surface area contributed by atoms with Crippen LogP contribution in [-0.4, -0.2) is 37.8 Å². The molecule has 10 heteroatoms. The van der Waals surface area contributed by atoms with Crippen molar-refractivity contribution in [1.29, 1.82) is 0 Å². The standard InChI is InChI=1S/C15H14Cl2N4O3S/c1-24-15-14(19-8-11(20-15)10-5-3-7-18-10)21-25(22,23)12-6-2-4-9(16)13(12)17/h2,4,6,8H,3,5,7H2,1H3,(H,19,21). The highest BCUT2D eigenvalue weighted by Crippen LogP contribution is 2.31. The van der Waals surface area contributed by atoms with Crippen LogP contribution in [0.3, 0.4) is 0 Å². The Balaban J connectivity index is 1.95. The smallest absolute Gasteiger partial charge is 0.264 e. The maximum atomic E-state index is 12.6. The second-order valence-corrected chi connectivity index (χ2v) is 7.64. The summed E-state index contributed by atoms with van der Waals surface area (Å²) in [7, 11) is -2.63. The topological polar surface area (TPSA) is 93.5 Å². The van der Waals surface area contributed by atoms with Crippen molar-refractivity contribution in [3.63, 3.8) is 0 Å². The first kappa shape index (κ1) is 17.9. The molecule has 0 saturated carbocycles. The number of methoxy groups -OCH3 is 1. The molecule has 7 nitrogen and oxygen atoms in total. The van der Waals surface area contributed by atoms with Crippen molar-refractivity contribution in [2.24, 2.45) is 4.99 Å². The van der Waals surface area contributed by atoms with Gasteiger partial charge in [-0.05, 0) is 25.0 Å². The molecule has 0 spiro atoms. The van der Waals surface area contributed by atoms with Crippen LogP contribution in [0.15, 0.2) is 34.3 Å². The Morgan fingerprint density at radius 2 is 2.08 bits per heavy atom. The first-order valence-electron chi connectivity index (χ1n) is 7.34. The molecule has 132 valence electrons. The second kappa shape index (κ2) is 7.15. The lowest BCUT2D eigenvalue weighted by atomic mass is 10.2. The minimum absolute atomic E-state index is 0.0408. The summed E-state index contributed by atoms with van der Waals surface area (Å²) in [5.41, 5.74) is 1.40. The summed E-state index contributed by atoms with van der Waals surface area (Å²) in [6.07, 6.45) is 3.23. The highest BCUT2D eigenvalue weighted by Gasteiger charge is 2.23.